The average molecular weight is 316 g/mol. The topological polar surface area (TPSA) is 58.2 Å². The van der Waals surface area contributed by atoms with Gasteiger partial charge in [-0.05, 0) is 49.1 Å². The summed E-state index contributed by atoms with van der Waals surface area (Å²) in [6.45, 7) is 6.11. The van der Waals surface area contributed by atoms with E-state index in [1.807, 2.05) is 25.1 Å². The quantitative estimate of drug-likeness (QED) is 0.851. The molecule has 0 atom stereocenters. The molecular weight excluding hydrogens is 296 g/mol. The van der Waals surface area contributed by atoms with Gasteiger partial charge in [0.15, 0.2) is 0 Å². The van der Waals surface area contributed by atoms with Crippen molar-refractivity contribution in [2.24, 2.45) is 0 Å². The van der Waals surface area contributed by atoms with Gasteiger partial charge in [-0.1, -0.05) is 26.0 Å². The molecule has 2 aromatic rings. The molecule has 0 saturated carbocycles. The van der Waals surface area contributed by atoms with E-state index < -0.39 is 0 Å². The summed E-state index contributed by atoms with van der Waals surface area (Å²) in [5, 5.41) is 0. The van der Waals surface area contributed by atoms with Gasteiger partial charge in [0.25, 0.3) is 11.8 Å². The Balaban J connectivity index is 1.96. The highest BCUT2D eigenvalue weighted by Crippen LogP contribution is 2.21. The first-order valence-corrected chi connectivity index (χ1v) is 8.15. The maximum absolute atomic E-state index is 12.0. The van der Waals surface area contributed by atoms with Crippen molar-refractivity contribution in [3.05, 3.63) is 56.8 Å². The summed E-state index contributed by atoms with van der Waals surface area (Å²) >= 11 is 1.44. The number of aryl methyl sites for hydroxylation is 3. The third-order valence-electron chi connectivity index (χ3n) is 3.54. The Hall–Kier alpha value is -2.14. The van der Waals surface area contributed by atoms with Gasteiger partial charge in [-0.2, -0.15) is 0 Å². The highest BCUT2D eigenvalue weighted by atomic mass is 32.1. The van der Waals surface area contributed by atoms with E-state index in [0.717, 1.165) is 23.3 Å². The van der Waals surface area contributed by atoms with E-state index in [1.54, 1.807) is 12.1 Å². The second-order valence-corrected chi connectivity index (χ2v) is 6.26. The van der Waals surface area contributed by atoms with E-state index in [9.17, 15) is 9.59 Å². The zero-order valence-corrected chi connectivity index (χ0v) is 13.8. The lowest BCUT2D eigenvalue weighted by Crippen LogP contribution is -2.41. The highest BCUT2D eigenvalue weighted by molar-refractivity contribution is 7.14. The summed E-state index contributed by atoms with van der Waals surface area (Å²) in [5.74, 6) is -0.605. The maximum atomic E-state index is 12.0. The lowest BCUT2D eigenvalue weighted by molar-refractivity contribution is 0.0849. The molecule has 2 N–H and O–H groups in total. The minimum Gasteiger partial charge on any atom is -0.267 e. The van der Waals surface area contributed by atoms with Gasteiger partial charge in [0.05, 0.1) is 4.88 Å². The minimum absolute atomic E-state index is 0.286. The van der Waals surface area contributed by atoms with Crippen LogP contribution in [0.25, 0.3) is 0 Å². The second-order valence-electron chi connectivity index (χ2n) is 5.00. The van der Waals surface area contributed by atoms with Gasteiger partial charge in [0, 0.05) is 10.4 Å². The van der Waals surface area contributed by atoms with Crippen LogP contribution in [0.5, 0.6) is 0 Å². The van der Waals surface area contributed by atoms with Crippen LogP contribution >= 0.6 is 11.3 Å². The van der Waals surface area contributed by atoms with E-state index in [1.165, 1.54) is 16.9 Å². The molecule has 22 heavy (non-hydrogen) atoms. The molecular formula is C17H20N2O2S. The highest BCUT2D eigenvalue weighted by Gasteiger charge is 2.13. The minimum atomic E-state index is -0.319. The van der Waals surface area contributed by atoms with Gasteiger partial charge in [-0.25, -0.2) is 0 Å². The first-order chi connectivity index (χ1) is 10.5. The van der Waals surface area contributed by atoms with Crippen LogP contribution in [-0.2, 0) is 12.8 Å². The second kappa shape index (κ2) is 7.22. The van der Waals surface area contributed by atoms with E-state index in [-0.39, 0.29) is 11.8 Å². The molecule has 2 rings (SSSR count). The largest absolute Gasteiger partial charge is 0.279 e. The molecule has 1 heterocycles. The van der Waals surface area contributed by atoms with Crippen LogP contribution in [-0.4, -0.2) is 11.8 Å². The van der Waals surface area contributed by atoms with Crippen LogP contribution in [0.1, 0.15) is 49.9 Å². The Bertz CT molecular complexity index is 674. The zero-order valence-electron chi connectivity index (χ0n) is 13.0. The molecule has 0 aliphatic heterocycles. The van der Waals surface area contributed by atoms with Crippen molar-refractivity contribution in [3.63, 3.8) is 0 Å². The van der Waals surface area contributed by atoms with Crippen molar-refractivity contribution in [3.8, 4) is 0 Å². The van der Waals surface area contributed by atoms with E-state index >= 15 is 0 Å². The molecule has 5 heteroatoms. The number of thiophene rings is 1. The van der Waals surface area contributed by atoms with Crippen LogP contribution in [0.15, 0.2) is 30.3 Å². The predicted molar refractivity (Wildman–Crippen MR) is 89.2 cm³/mol. The number of rotatable bonds is 4. The van der Waals surface area contributed by atoms with E-state index in [4.69, 9.17) is 0 Å². The molecule has 0 bridgehead atoms. The number of hydrogen-bond donors (Lipinski definition) is 2. The summed E-state index contributed by atoms with van der Waals surface area (Å²) in [7, 11) is 0. The zero-order chi connectivity index (χ0) is 16.1. The fourth-order valence-electron chi connectivity index (χ4n) is 2.12. The maximum Gasteiger partial charge on any atom is 0.279 e. The number of benzene rings is 1. The van der Waals surface area contributed by atoms with Gasteiger partial charge in [-0.15, -0.1) is 11.3 Å². The fraction of sp³-hybridized carbons (Fsp3) is 0.294. The molecule has 4 nitrogen and oxygen atoms in total. The summed E-state index contributed by atoms with van der Waals surface area (Å²) in [6, 6.07) is 9.20. The Labute approximate surface area is 134 Å². The van der Waals surface area contributed by atoms with E-state index in [2.05, 4.69) is 24.7 Å². The van der Waals surface area contributed by atoms with Crippen molar-refractivity contribution < 1.29 is 9.59 Å². The molecule has 0 radical (unpaired) electrons. The van der Waals surface area contributed by atoms with Crippen LogP contribution < -0.4 is 10.9 Å². The lowest BCUT2D eigenvalue weighted by atomic mass is 10.1. The number of carbonyl (C=O) groups is 2. The van der Waals surface area contributed by atoms with Gasteiger partial charge in [0.1, 0.15) is 0 Å². The molecule has 0 unspecified atom stereocenters. The number of amides is 2. The fourth-order valence-corrected chi connectivity index (χ4v) is 3.13. The molecule has 1 aromatic heterocycles. The summed E-state index contributed by atoms with van der Waals surface area (Å²) in [4.78, 5) is 25.8. The number of nitrogens with one attached hydrogen (secondary N) is 2. The number of hydrazine groups is 1. The lowest BCUT2D eigenvalue weighted by Gasteiger charge is -2.06. The third-order valence-corrected chi connectivity index (χ3v) is 4.63. The third kappa shape index (κ3) is 3.74. The van der Waals surface area contributed by atoms with Gasteiger partial charge in [0.2, 0.25) is 0 Å². The Morgan fingerprint density at radius 1 is 1.00 bits per heavy atom. The van der Waals surface area contributed by atoms with Gasteiger partial charge < -0.3 is 0 Å². The number of carbonyl (C=O) groups excluding carboxylic acids is 2. The first-order valence-electron chi connectivity index (χ1n) is 7.34. The molecule has 0 saturated heterocycles. The summed E-state index contributed by atoms with van der Waals surface area (Å²) in [5.41, 5.74) is 7.77. The average Bonchev–Trinajstić information content (AvgIpc) is 2.93. The smallest absolute Gasteiger partial charge is 0.267 e. The van der Waals surface area contributed by atoms with Crippen LogP contribution in [0.4, 0.5) is 0 Å². The van der Waals surface area contributed by atoms with Crippen LogP contribution in [0.3, 0.4) is 0 Å². The standard InChI is InChI=1S/C17H20N2O2S/c1-4-12-6-8-14(9-7-12)16(20)18-19-17(21)15-10-13(5-2)11(3)22-15/h6-10H,4-5H2,1-3H3,(H,18,20)(H,19,21). The normalized spacial score (nSPS) is 10.3. The molecule has 0 aliphatic rings. The SMILES string of the molecule is CCc1ccc(C(=O)NNC(=O)c2cc(CC)c(C)s2)cc1. The van der Waals surface area contributed by atoms with Gasteiger partial charge >= 0.3 is 0 Å². The predicted octanol–water partition coefficient (Wildman–Crippen LogP) is 3.26. The van der Waals surface area contributed by atoms with Crippen molar-refractivity contribution >= 4 is 23.2 Å². The Morgan fingerprint density at radius 3 is 2.18 bits per heavy atom. The number of hydrogen-bond acceptors (Lipinski definition) is 3. The Morgan fingerprint density at radius 2 is 1.64 bits per heavy atom. The van der Waals surface area contributed by atoms with Crippen molar-refractivity contribution in [1.29, 1.82) is 0 Å². The molecule has 2 amide bonds. The molecule has 0 aliphatic carbocycles. The summed E-state index contributed by atoms with van der Waals surface area (Å²) < 4.78 is 0. The van der Waals surface area contributed by atoms with Crippen molar-refractivity contribution in [1.82, 2.24) is 10.9 Å². The summed E-state index contributed by atoms with van der Waals surface area (Å²) in [6.07, 6.45) is 1.82. The van der Waals surface area contributed by atoms with Crippen LogP contribution in [0.2, 0.25) is 0 Å². The van der Waals surface area contributed by atoms with Gasteiger partial charge in [-0.3, -0.25) is 20.4 Å². The van der Waals surface area contributed by atoms with Crippen molar-refractivity contribution in [2.75, 3.05) is 0 Å². The molecule has 0 spiro atoms. The monoisotopic (exact) mass is 316 g/mol. The molecule has 1 aromatic carbocycles. The van der Waals surface area contributed by atoms with E-state index in [0.29, 0.717) is 10.4 Å². The molecule has 116 valence electrons. The van der Waals surface area contributed by atoms with Crippen molar-refractivity contribution in [2.45, 2.75) is 33.6 Å². The van der Waals surface area contributed by atoms with Crippen LogP contribution in [0, 0.1) is 6.92 Å². The molecule has 0 fully saturated rings. The first kappa shape index (κ1) is 16.2. The Kier molecular flexibility index (Phi) is 5.33.